The fourth-order valence-electron chi connectivity index (χ4n) is 0.991. The van der Waals surface area contributed by atoms with Crippen LogP contribution in [0.2, 0.25) is 0 Å². The molecule has 76 valence electrons. The van der Waals surface area contributed by atoms with Crippen LogP contribution in [0.4, 0.5) is 4.39 Å². The molecular weight excluding hydrogens is 300 g/mol. The van der Waals surface area contributed by atoms with Crippen molar-refractivity contribution in [1.29, 1.82) is 0 Å². The second-order valence-corrected chi connectivity index (χ2v) is 3.89. The Morgan fingerprint density at radius 3 is 2.36 bits per heavy atom. The maximum absolute atomic E-state index is 12.5. The zero-order valence-electron chi connectivity index (χ0n) is 7.15. The molecule has 5 heteroatoms. The Labute approximate surface area is 94.2 Å². The number of hydrogen-bond acceptors (Lipinski definition) is 3. The van der Waals surface area contributed by atoms with E-state index in [9.17, 15) is 14.3 Å². The van der Waals surface area contributed by atoms with Crippen LogP contribution in [0.3, 0.4) is 0 Å². The summed E-state index contributed by atoms with van der Waals surface area (Å²) in [6.45, 7) is 0. The van der Waals surface area contributed by atoms with Crippen LogP contribution >= 0.6 is 22.6 Å². The smallest absolute Gasteiger partial charge is 0.211 e. The lowest BCUT2D eigenvalue weighted by atomic mass is 10.0. The van der Waals surface area contributed by atoms with Gasteiger partial charge in [0.05, 0.1) is 0 Å². The molecule has 0 spiro atoms. The zero-order chi connectivity index (χ0) is 10.7. The molecule has 0 aliphatic carbocycles. The van der Waals surface area contributed by atoms with E-state index in [-0.39, 0.29) is 3.79 Å². The highest BCUT2D eigenvalue weighted by Crippen LogP contribution is 2.17. The molecule has 0 bridgehead atoms. The Hall–Kier alpha value is -0.530. The van der Waals surface area contributed by atoms with Crippen LogP contribution < -0.4 is 5.73 Å². The van der Waals surface area contributed by atoms with E-state index in [1.807, 2.05) is 0 Å². The van der Waals surface area contributed by atoms with Gasteiger partial charge in [0, 0.05) is 22.6 Å². The third-order valence-electron chi connectivity index (χ3n) is 1.81. The molecule has 2 atom stereocenters. The van der Waals surface area contributed by atoms with Crippen LogP contribution in [-0.2, 0) is 4.79 Å². The average molecular weight is 309 g/mol. The third-order valence-corrected chi connectivity index (χ3v) is 2.53. The topological polar surface area (TPSA) is 63.3 Å². The number of carbonyl (C=O) groups is 1. The van der Waals surface area contributed by atoms with Crippen molar-refractivity contribution in [3.63, 3.8) is 0 Å². The molecule has 0 heterocycles. The van der Waals surface area contributed by atoms with E-state index in [0.29, 0.717) is 5.56 Å². The van der Waals surface area contributed by atoms with E-state index >= 15 is 0 Å². The maximum atomic E-state index is 12.5. The van der Waals surface area contributed by atoms with Crippen LogP contribution in [0.1, 0.15) is 11.7 Å². The van der Waals surface area contributed by atoms with Gasteiger partial charge < -0.3 is 10.8 Å². The Morgan fingerprint density at radius 2 is 1.93 bits per heavy atom. The lowest BCUT2D eigenvalue weighted by Crippen LogP contribution is -2.33. The van der Waals surface area contributed by atoms with Crippen molar-refractivity contribution in [1.82, 2.24) is 0 Å². The second kappa shape index (κ2) is 4.81. The van der Waals surface area contributed by atoms with Gasteiger partial charge in [0.15, 0.2) is 0 Å². The quantitative estimate of drug-likeness (QED) is 0.650. The number of carbonyl (C=O) groups excluding carboxylic acids is 1. The van der Waals surface area contributed by atoms with Crippen LogP contribution in [-0.4, -0.2) is 14.9 Å². The van der Waals surface area contributed by atoms with Gasteiger partial charge in [-0.05, 0) is 17.7 Å². The van der Waals surface area contributed by atoms with Crippen molar-refractivity contribution in [3.8, 4) is 0 Å². The van der Waals surface area contributed by atoms with Gasteiger partial charge in [-0.15, -0.1) is 0 Å². The Morgan fingerprint density at radius 1 is 1.43 bits per heavy atom. The van der Waals surface area contributed by atoms with Gasteiger partial charge in [-0.2, -0.15) is 0 Å². The van der Waals surface area contributed by atoms with Gasteiger partial charge in [-0.1, -0.05) is 12.1 Å². The molecule has 3 nitrogen and oxygen atoms in total. The minimum absolute atomic E-state index is 0.334. The summed E-state index contributed by atoms with van der Waals surface area (Å²) in [4.78, 5) is 10.9. The molecule has 0 saturated carbocycles. The Balaban J connectivity index is 2.84. The SMILES string of the molecule is NC(C(=O)I)C(O)c1ccc(F)cc1. The summed E-state index contributed by atoms with van der Waals surface area (Å²) in [5.41, 5.74) is 5.86. The standard InChI is InChI=1S/C9H9FINO2/c10-6-3-1-5(2-4-6)8(13)7(12)9(11)14/h1-4,7-8,13H,12H2. The maximum Gasteiger partial charge on any atom is 0.211 e. The number of hydrogen-bond donors (Lipinski definition) is 2. The minimum atomic E-state index is -1.08. The number of aliphatic hydroxyl groups is 1. The summed E-state index contributed by atoms with van der Waals surface area (Å²) in [5.74, 6) is -0.393. The summed E-state index contributed by atoms with van der Waals surface area (Å²) in [6.07, 6.45) is -1.08. The molecule has 1 aromatic carbocycles. The molecule has 0 aromatic heterocycles. The van der Waals surface area contributed by atoms with E-state index < -0.39 is 18.0 Å². The van der Waals surface area contributed by atoms with Crippen molar-refractivity contribution in [2.45, 2.75) is 12.1 Å². The molecule has 1 rings (SSSR count). The zero-order valence-corrected chi connectivity index (χ0v) is 9.31. The van der Waals surface area contributed by atoms with E-state index in [0.717, 1.165) is 0 Å². The van der Waals surface area contributed by atoms with Crippen molar-refractivity contribution in [3.05, 3.63) is 35.6 Å². The first-order valence-electron chi connectivity index (χ1n) is 3.91. The van der Waals surface area contributed by atoms with Crippen molar-refractivity contribution < 1.29 is 14.3 Å². The first-order chi connectivity index (χ1) is 6.52. The van der Waals surface area contributed by atoms with Crippen molar-refractivity contribution in [2.24, 2.45) is 5.73 Å². The highest BCUT2D eigenvalue weighted by molar-refractivity contribution is 14.1. The normalized spacial score (nSPS) is 14.9. The van der Waals surface area contributed by atoms with E-state index in [2.05, 4.69) is 0 Å². The molecule has 0 aliphatic heterocycles. The molecule has 0 amide bonds. The van der Waals surface area contributed by atoms with Crippen molar-refractivity contribution in [2.75, 3.05) is 0 Å². The summed E-state index contributed by atoms with van der Waals surface area (Å²) in [6, 6.07) is 4.26. The van der Waals surface area contributed by atoms with Gasteiger partial charge in [0.2, 0.25) is 3.79 Å². The van der Waals surface area contributed by atoms with Crippen LogP contribution in [0.5, 0.6) is 0 Å². The first kappa shape index (κ1) is 11.5. The minimum Gasteiger partial charge on any atom is -0.386 e. The van der Waals surface area contributed by atoms with E-state index in [1.165, 1.54) is 46.9 Å². The second-order valence-electron chi connectivity index (χ2n) is 2.83. The lowest BCUT2D eigenvalue weighted by Gasteiger charge is -2.15. The number of halogens is 2. The van der Waals surface area contributed by atoms with Gasteiger partial charge in [-0.3, -0.25) is 4.79 Å². The summed E-state index contributed by atoms with van der Waals surface area (Å²) < 4.78 is 12.2. The summed E-state index contributed by atoms with van der Waals surface area (Å²) in [5, 5.41) is 9.58. The number of benzene rings is 1. The summed E-state index contributed by atoms with van der Waals surface area (Å²) >= 11 is 1.52. The molecular formula is C9H9FINO2. The molecule has 0 aliphatic rings. The van der Waals surface area contributed by atoms with Crippen molar-refractivity contribution >= 4 is 26.4 Å². The monoisotopic (exact) mass is 309 g/mol. The van der Waals surface area contributed by atoms with E-state index in [4.69, 9.17) is 5.73 Å². The van der Waals surface area contributed by atoms with E-state index in [1.54, 1.807) is 0 Å². The largest absolute Gasteiger partial charge is 0.386 e. The third kappa shape index (κ3) is 2.73. The predicted octanol–water partition coefficient (Wildman–Crippen LogP) is 1.15. The fraction of sp³-hybridized carbons (Fsp3) is 0.222. The molecule has 2 unspecified atom stereocenters. The number of nitrogens with two attached hydrogens (primary N) is 1. The van der Waals surface area contributed by atoms with Gasteiger partial charge in [-0.25, -0.2) is 4.39 Å². The fourth-order valence-corrected chi connectivity index (χ4v) is 1.33. The Kier molecular flexibility index (Phi) is 3.97. The van der Waals surface area contributed by atoms with Crippen LogP contribution in [0.15, 0.2) is 24.3 Å². The molecule has 1 aromatic rings. The lowest BCUT2D eigenvalue weighted by molar-refractivity contribution is -0.112. The molecule has 0 radical (unpaired) electrons. The molecule has 14 heavy (non-hydrogen) atoms. The van der Waals surface area contributed by atoms with Crippen LogP contribution in [0, 0.1) is 5.82 Å². The molecule has 0 saturated heterocycles. The predicted molar refractivity (Wildman–Crippen MR) is 58.4 cm³/mol. The van der Waals surface area contributed by atoms with Crippen LogP contribution in [0.25, 0.3) is 0 Å². The Bertz CT molecular complexity index is 328. The molecule has 0 fully saturated rings. The van der Waals surface area contributed by atoms with Gasteiger partial charge in [0.25, 0.3) is 0 Å². The highest BCUT2D eigenvalue weighted by Gasteiger charge is 2.21. The average Bonchev–Trinajstić information content (AvgIpc) is 2.16. The number of rotatable bonds is 3. The van der Waals surface area contributed by atoms with Gasteiger partial charge in [0.1, 0.15) is 18.0 Å². The first-order valence-corrected chi connectivity index (χ1v) is 4.98. The summed E-state index contributed by atoms with van der Waals surface area (Å²) in [7, 11) is 0. The molecule has 3 N–H and O–H groups in total. The highest BCUT2D eigenvalue weighted by atomic mass is 127. The number of aliphatic hydroxyl groups excluding tert-OH is 1. The van der Waals surface area contributed by atoms with Gasteiger partial charge >= 0.3 is 0 Å².